The molecule has 120 valence electrons. The Morgan fingerprint density at radius 3 is 2.55 bits per heavy atom. The van der Waals surface area contributed by atoms with Crippen LogP contribution in [0.15, 0.2) is 24.3 Å². The molecule has 1 heterocycles. The second-order valence-electron chi connectivity index (χ2n) is 5.52. The van der Waals surface area contributed by atoms with Crippen LogP contribution >= 0.6 is 0 Å². The fourth-order valence-electron chi connectivity index (χ4n) is 2.50. The first-order valence-electron chi connectivity index (χ1n) is 7.38. The van der Waals surface area contributed by atoms with Crippen molar-refractivity contribution in [2.75, 3.05) is 25.0 Å². The molecule has 0 saturated carbocycles. The molecule has 0 aromatic heterocycles. The van der Waals surface area contributed by atoms with Crippen molar-refractivity contribution in [1.29, 1.82) is 0 Å². The Kier molecular flexibility index (Phi) is 5.38. The van der Waals surface area contributed by atoms with E-state index in [4.69, 9.17) is 9.47 Å². The first-order valence-corrected chi connectivity index (χ1v) is 7.38. The van der Waals surface area contributed by atoms with E-state index in [0.29, 0.717) is 24.5 Å². The Labute approximate surface area is 130 Å². The number of benzene rings is 1. The summed E-state index contributed by atoms with van der Waals surface area (Å²) in [4.78, 5) is 25.2. The first-order chi connectivity index (χ1) is 10.5. The van der Waals surface area contributed by atoms with Crippen LogP contribution in [0.25, 0.3) is 0 Å². The number of nitrogens with zero attached hydrogens (tertiary/aromatic N) is 1. The van der Waals surface area contributed by atoms with Crippen LogP contribution in [0.3, 0.4) is 0 Å². The smallest absolute Gasteiger partial charge is 0.260 e. The van der Waals surface area contributed by atoms with E-state index >= 15 is 0 Å². The van der Waals surface area contributed by atoms with E-state index in [2.05, 4.69) is 5.32 Å². The monoisotopic (exact) mass is 306 g/mol. The number of amides is 2. The Bertz CT molecular complexity index is 537. The van der Waals surface area contributed by atoms with Gasteiger partial charge in [0.1, 0.15) is 5.75 Å². The van der Waals surface area contributed by atoms with E-state index in [1.807, 2.05) is 13.8 Å². The Hall–Kier alpha value is -2.08. The van der Waals surface area contributed by atoms with E-state index in [0.717, 1.165) is 0 Å². The summed E-state index contributed by atoms with van der Waals surface area (Å²) in [6.07, 6.45) is 0.0544. The van der Waals surface area contributed by atoms with Gasteiger partial charge in [-0.1, -0.05) is 12.1 Å². The molecular formula is C16H22N2O4. The predicted octanol–water partition coefficient (Wildman–Crippen LogP) is 1.66. The normalized spacial score (nSPS) is 21.3. The maximum atomic E-state index is 12.3. The lowest BCUT2D eigenvalue weighted by atomic mass is 10.2. The summed E-state index contributed by atoms with van der Waals surface area (Å²) >= 11 is 0. The molecule has 0 radical (unpaired) electrons. The molecule has 1 fully saturated rings. The van der Waals surface area contributed by atoms with Gasteiger partial charge < -0.3 is 19.7 Å². The van der Waals surface area contributed by atoms with Gasteiger partial charge in [0, 0.05) is 20.0 Å². The summed E-state index contributed by atoms with van der Waals surface area (Å²) in [5, 5.41) is 2.68. The topological polar surface area (TPSA) is 67.9 Å². The minimum atomic E-state index is -0.182. The molecule has 1 saturated heterocycles. The van der Waals surface area contributed by atoms with Crippen molar-refractivity contribution in [3.8, 4) is 5.75 Å². The van der Waals surface area contributed by atoms with E-state index in [1.54, 1.807) is 29.2 Å². The van der Waals surface area contributed by atoms with Gasteiger partial charge in [-0.2, -0.15) is 0 Å². The highest BCUT2D eigenvalue weighted by atomic mass is 16.5. The average Bonchev–Trinajstić information content (AvgIpc) is 2.44. The summed E-state index contributed by atoms with van der Waals surface area (Å²) in [7, 11) is 0. The number of rotatable bonds is 4. The van der Waals surface area contributed by atoms with Crippen molar-refractivity contribution in [3.63, 3.8) is 0 Å². The standard InChI is InChI=1S/C16H22N2O4/c1-11-8-18(9-12(2)22-11)16(20)10-21-15-7-5-4-6-14(15)17-13(3)19/h4-7,11-12H,8-10H2,1-3H3,(H,17,19)/t11-,12-/m0/s1. The highest BCUT2D eigenvalue weighted by Gasteiger charge is 2.26. The molecule has 6 heteroatoms. The zero-order chi connectivity index (χ0) is 16.1. The van der Waals surface area contributed by atoms with Gasteiger partial charge in [0.05, 0.1) is 17.9 Å². The van der Waals surface area contributed by atoms with Crippen LogP contribution in [-0.4, -0.2) is 48.6 Å². The van der Waals surface area contributed by atoms with Gasteiger partial charge >= 0.3 is 0 Å². The van der Waals surface area contributed by atoms with E-state index in [-0.39, 0.29) is 30.6 Å². The molecule has 0 bridgehead atoms. The second-order valence-corrected chi connectivity index (χ2v) is 5.52. The van der Waals surface area contributed by atoms with Crippen LogP contribution in [0.5, 0.6) is 5.75 Å². The molecular weight excluding hydrogens is 284 g/mol. The van der Waals surface area contributed by atoms with Crippen molar-refractivity contribution in [2.24, 2.45) is 0 Å². The maximum absolute atomic E-state index is 12.3. The van der Waals surface area contributed by atoms with Crippen molar-refractivity contribution in [1.82, 2.24) is 4.90 Å². The van der Waals surface area contributed by atoms with Gasteiger partial charge in [-0.05, 0) is 26.0 Å². The van der Waals surface area contributed by atoms with Crippen LogP contribution in [-0.2, 0) is 14.3 Å². The number of para-hydroxylation sites is 2. The SMILES string of the molecule is CC(=O)Nc1ccccc1OCC(=O)N1C[C@H](C)O[C@@H](C)C1. The molecule has 0 aliphatic carbocycles. The zero-order valence-electron chi connectivity index (χ0n) is 13.2. The summed E-state index contributed by atoms with van der Waals surface area (Å²) in [6, 6.07) is 7.05. The first kappa shape index (κ1) is 16.3. The van der Waals surface area contributed by atoms with Crippen LogP contribution < -0.4 is 10.1 Å². The lowest BCUT2D eigenvalue weighted by Crippen LogP contribution is -2.49. The molecule has 2 amide bonds. The number of hydrogen-bond acceptors (Lipinski definition) is 4. The quantitative estimate of drug-likeness (QED) is 0.918. The lowest BCUT2D eigenvalue weighted by molar-refractivity contribution is -0.145. The molecule has 0 unspecified atom stereocenters. The number of anilines is 1. The minimum absolute atomic E-state index is 0.0272. The fraction of sp³-hybridized carbons (Fsp3) is 0.500. The van der Waals surface area contributed by atoms with Crippen molar-refractivity contribution >= 4 is 17.5 Å². The molecule has 6 nitrogen and oxygen atoms in total. The molecule has 22 heavy (non-hydrogen) atoms. The number of morpholine rings is 1. The Morgan fingerprint density at radius 1 is 1.27 bits per heavy atom. The van der Waals surface area contributed by atoms with Crippen LogP contribution in [0, 0.1) is 0 Å². The van der Waals surface area contributed by atoms with Gasteiger partial charge in [0.15, 0.2) is 6.61 Å². The molecule has 1 aliphatic heterocycles. The van der Waals surface area contributed by atoms with Crippen LogP contribution in [0.4, 0.5) is 5.69 Å². The predicted molar refractivity (Wildman–Crippen MR) is 82.8 cm³/mol. The van der Waals surface area contributed by atoms with Crippen molar-refractivity contribution in [2.45, 2.75) is 33.0 Å². The van der Waals surface area contributed by atoms with Gasteiger partial charge in [-0.3, -0.25) is 9.59 Å². The number of nitrogens with one attached hydrogen (secondary N) is 1. The molecule has 0 spiro atoms. The van der Waals surface area contributed by atoms with Gasteiger partial charge in [-0.25, -0.2) is 0 Å². The second kappa shape index (κ2) is 7.26. The summed E-state index contributed by atoms with van der Waals surface area (Å²) < 4.78 is 11.2. The molecule has 2 rings (SSSR count). The fourth-order valence-corrected chi connectivity index (χ4v) is 2.50. The van der Waals surface area contributed by atoms with Gasteiger partial charge in [-0.15, -0.1) is 0 Å². The Balaban J connectivity index is 1.95. The van der Waals surface area contributed by atoms with Gasteiger partial charge in [0.25, 0.3) is 5.91 Å². The zero-order valence-corrected chi connectivity index (χ0v) is 13.2. The highest BCUT2D eigenvalue weighted by Crippen LogP contribution is 2.23. The summed E-state index contributed by atoms with van der Waals surface area (Å²) in [5.74, 6) is 0.221. The lowest BCUT2D eigenvalue weighted by Gasteiger charge is -2.35. The van der Waals surface area contributed by atoms with Crippen LogP contribution in [0.1, 0.15) is 20.8 Å². The average molecular weight is 306 g/mol. The number of carbonyl (C=O) groups is 2. The van der Waals surface area contributed by atoms with E-state index in [1.165, 1.54) is 6.92 Å². The molecule has 1 aromatic rings. The minimum Gasteiger partial charge on any atom is -0.482 e. The Morgan fingerprint density at radius 2 is 1.91 bits per heavy atom. The molecule has 1 N–H and O–H groups in total. The third-order valence-corrected chi connectivity index (χ3v) is 3.32. The third-order valence-electron chi connectivity index (χ3n) is 3.32. The van der Waals surface area contributed by atoms with Gasteiger partial charge in [0.2, 0.25) is 5.91 Å². The van der Waals surface area contributed by atoms with Crippen LogP contribution in [0.2, 0.25) is 0 Å². The molecule has 1 aromatic carbocycles. The molecule has 2 atom stereocenters. The summed E-state index contributed by atoms with van der Waals surface area (Å²) in [5.41, 5.74) is 0.562. The largest absolute Gasteiger partial charge is 0.482 e. The number of hydrogen-bond donors (Lipinski definition) is 1. The molecule has 1 aliphatic rings. The summed E-state index contributed by atoms with van der Waals surface area (Å²) in [6.45, 7) is 6.40. The number of ether oxygens (including phenoxy) is 2. The maximum Gasteiger partial charge on any atom is 0.260 e. The third kappa shape index (κ3) is 4.46. The van der Waals surface area contributed by atoms with Crippen molar-refractivity contribution in [3.05, 3.63) is 24.3 Å². The number of carbonyl (C=O) groups excluding carboxylic acids is 2. The van der Waals surface area contributed by atoms with E-state index in [9.17, 15) is 9.59 Å². The van der Waals surface area contributed by atoms with E-state index < -0.39 is 0 Å². The highest BCUT2D eigenvalue weighted by molar-refractivity contribution is 5.90. The van der Waals surface area contributed by atoms with Crippen molar-refractivity contribution < 1.29 is 19.1 Å².